The van der Waals surface area contributed by atoms with E-state index in [1.807, 2.05) is 0 Å². The van der Waals surface area contributed by atoms with Crippen molar-refractivity contribution in [2.75, 3.05) is 26.4 Å². The summed E-state index contributed by atoms with van der Waals surface area (Å²) in [7, 11) is 0. The highest BCUT2D eigenvalue weighted by molar-refractivity contribution is 6.01. The first kappa shape index (κ1) is 24.1. The number of carbonyl (C=O) groups excluding carboxylic acids is 4. The molecule has 0 heterocycles. The molecule has 1 aromatic carbocycles. The molecule has 0 atom stereocenters. The van der Waals surface area contributed by atoms with Crippen LogP contribution in [0.15, 0.2) is 30.3 Å². The van der Waals surface area contributed by atoms with Crippen molar-refractivity contribution >= 4 is 23.9 Å². The quantitative estimate of drug-likeness (QED) is 0.312. The van der Waals surface area contributed by atoms with Gasteiger partial charge in [0, 0.05) is 5.92 Å². The van der Waals surface area contributed by atoms with Crippen molar-refractivity contribution in [3.05, 3.63) is 35.9 Å². The van der Waals surface area contributed by atoms with Crippen LogP contribution in [0.25, 0.3) is 0 Å². The van der Waals surface area contributed by atoms with Crippen LogP contribution in [-0.4, -0.2) is 50.3 Å². The number of hydrogen-bond acceptors (Lipinski definition) is 8. The lowest BCUT2D eigenvalue weighted by Gasteiger charge is -2.29. The van der Waals surface area contributed by atoms with Crippen LogP contribution in [-0.2, 0) is 38.1 Å². The molecule has 29 heavy (non-hydrogen) atoms. The van der Waals surface area contributed by atoms with Gasteiger partial charge in [-0.05, 0) is 33.3 Å². The smallest absolute Gasteiger partial charge is 0.320 e. The zero-order valence-electron chi connectivity index (χ0n) is 17.2. The molecule has 8 heteroatoms. The van der Waals surface area contributed by atoms with Gasteiger partial charge in [-0.25, -0.2) is 0 Å². The molecular weight excluding hydrogens is 380 g/mol. The highest BCUT2D eigenvalue weighted by Gasteiger charge is 2.49. The summed E-state index contributed by atoms with van der Waals surface area (Å²) in [6, 6.07) is 8.29. The first-order valence-corrected chi connectivity index (χ1v) is 9.64. The molecule has 1 rings (SSSR count). The molecule has 0 aliphatic rings. The zero-order chi connectivity index (χ0) is 21.8. The normalized spacial score (nSPS) is 10.7. The Morgan fingerprint density at radius 3 is 1.21 bits per heavy atom. The van der Waals surface area contributed by atoms with Gasteiger partial charge in [0.2, 0.25) is 0 Å². The van der Waals surface area contributed by atoms with Crippen LogP contribution in [0.1, 0.15) is 39.2 Å². The molecule has 8 nitrogen and oxygen atoms in total. The Labute approximate surface area is 170 Å². The van der Waals surface area contributed by atoms with E-state index in [4.69, 9.17) is 18.9 Å². The van der Waals surface area contributed by atoms with Crippen LogP contribution in [0.3, 0.4) is 0 Å². The molecule has 1 aromatic rings. The van der Waals surface area contributed by atoms with E-state index < -0.39 is 41.6 Å². The summed E-state index contributed by atoms with van der Waals surface area (Å²) in [5, 5.41) is 0. The van der Waals surface area contributed by atoms with Gasteiger partial charge in [0.1, 0.15) is 0 Å². The van der Waals surface area contributed by atoms with Gasteiger partial charge in [0.25, 0.3) is 0 Å². The van der Waals surface area contributed by atoms with Crippen LogP contribution in [0.2, 0.25) is 0 Å². The Morgan fingerprint density at radius 1 is 0.621 bits per heavy atom. The number of carbonyl (C=O) groups is 4. The van der Waals surface area contributed by atoms with Crippen molar-refractivity contribution in [3.63, 3.8) is 0 Å². The van der Waals surface area contributed by atoms with E-state index in [-0.39, 0.29) is 26.4 Å². The molecule has 0 aliphatic heterocycles. The van der Waals surface area contributed by atoms with Gasteiger partial charge in [-0.3, -0.25) is 19.2 Å². The maximum absolute atomic E-state index is 12.7. The summed E-state index contributed by atoms with van der Waals surface area (Å²) in [6.45, 7) is 6.41. The van der Waals surface area contributed by atoms with Crippen molar-refractivity contribution in [2.24, 2.45) is 11.8 Å². The first-order chi connectivity index (χ1) is 13.9. The van der Waals surface area contributed by atoms with Crippen molar-refractivity contribution in [1.29, 1.82) is 0 Å². The first-order valence-electron chi connectivity index (χ1n) is 9.64. The second-order valence-electron chi connectivity index (χ2n) is 5.90. The fraction of sp³-hybridized carbons (Fsp3) is 0.524. The maximum atomic E-state index is 12.7. The summed E-state index contributed by atoms with van der Waals surface area (Å²) in [4.78, 5) is 50.8. The second-order valence-corrected chi connectivity index (χ2v) is 5.90. The molecule has 0 unspecified atom stereocenters. The highest BCUT2D eigenvalue weighted by atomic mass is 16.6. The van der Waals surface area contributed by atoms with Crippen molar-refractivity contribution < 1.29 is 38.1 Å². The number of ether oxygens (including phenoxy) is 4. The van der Waals surface area contributed by atoms with Crippen molar-refractivity contribution in [3.8, 4) is 0 Å². The third-order valence-electron chi connectivity index (χ3n) is 4.06. The minimum Gasteiger partial charge on any atom is -0.465 e. The van der Waals surface area contributed by atoms with E-state index in [0.29, 0.717) is 5.56 Å². The van der Waals surface area contributed by atoms with Crippen LogP contribution >= 0.6 is 0 Å². The van der Waals surface area contributed by atoms with Crippen molar-refractivity contribution in [1.82, 2.24) is 0 Å². The summed E-state index contributed by atoms with van der Waals surface area (Å²) < 4.78 is 20.2. The predicted octanol–water partition coefficient (Wildman–Crippen LogP) is 2.25. The Hall–Kier alpha value is -2.90. The molecule has 0 N–H and O–H groups in total. The third kappa shape index (κ3) is 6.58. The summed E-state index contributed by atoms with van der Waals surface area (Å²) in [5.74, 6) is -7.87. The third-order valence-corrected chi connectivity index (χ3v) is 4.06. The standard InChI is InChI=1S/C21H28O8/c1-5-26-18(22)16(19(23)27-6-2)15(14-12-10-9-11-13-14)17(20(24)28-7-3)21(25)29-8-4/h9-13,15-17H,5-8H2,1-4H3. The maximum Gasteiger partial charge on any atom is 0.320 e. The fourth-order valence-electron chi connectivity index (χ4n) is 2.96. The van der Waals surface area contributed by atoms with Crippen LogP contribution in [0.5, 0.6) is 0 Å². The lowest BCUT2D eigenvalue weighted by atomic mass is 9.76. The molecule has 0 spiro atoms. The zero-order valence-corrected chi connectivity index (χ0v) is 17.2. The van der Waals surface area contributed by atoms with Gasteiger partial charge in [-0.2, -0.15) is 0 Å². The van der Waals surface area contributed by atoms with E-state index in [0.717, 1.165) is 0 Å². The number of hydrogen-bond donors (Lipinski definition) is 0. The Bertz CT molecular complexity index is 609. The topological polar surface area (TPSA) is 105 Å². The average Bonchev–Trinajstić information content (AvgIpc) is 2.69. The Balaban J connectivity index is 3.62. The van der Waals surface area contributed by atoms with Gasteiger partial charge < -0.3 is 18.9 Å². The van der Waals surface area contributed by atoms with E-state index in [9.17, 15) is 19.2 Å². The van der Waals surface area contributed by atoms with Gasteiger partial charge in [-0.15, -0.1) is 0 Å². The molecule has 0 fully saturated rings. The Morgan fingerprint density at radius 2 is 0.931 bits per heavy atom. The molecule has 0 radical (unpaired) electrons. The van der Waals surface area contributed by atoms with E-state index in [1.165, 1.54) is 0 Å². The molecule has 0 bridgehead atoms. The molecular formula is C21H28O8. The molecule has 160 valence electrons. The average molecular weight is 408 g/mol. The van der Waals surface area contributed by atoms with Crippen molar-refractivity contribution in [2.45, 2.75) is 33.6 Å². The highest BCUT2D eigenvalue weighted by Crippen LogP contribution is 2.36. The monoisotopic (exact) mass is 408 g/mol. The largest absolute Gasteiger partial charge is 0.465 e. The molecule has 0 amide bonds. The van der Waals surface area contributed by atoms with E-state index in [2.05, 4.69) is 0 Å². The van der Waals surface area contributed by atoms with Crippen LogP contribution < -0.4 is 0 Å². The van der Waals surface area contributed by atoms with Gasteiger partial charge in [-0.1, -0.05) is 30.3 Å². The molecule has 0 saturated carbocycles. The summed E-state index contributed by atoms with van der Waals surface area (Å²) in [6.07, 6.45) is 0. The van der Waals surface area contributed by atoms with Gasteiger partial charge in [0.15, 0.2) is 11.8 Å². The van der Waals surface area contributed by atoms with Gasteiger partial charge in [0.05, 0.1) is 26.4 Å². The summed E-state index contributed by atoms with van der Waals surface area (Å²) >= 11 is 0. The molecule has 0 aromatic heterocycles. The molecule has 0 saturated heterocycles. The second kappa shape index (κ2) is 12.5. The fourth-order valence-corrected chi connectivity index (χ4v) is 2.96. The Kier molecular flexibility index (Phi) is 10.4. The number of benzene rings is 1. The van der Waals surface area contributed by atoms with Crippen LogP contribution in [0.4, 0.5) is 0 Å². The van der Waals surface area contributed by atoms with E-state index >= 15 is 0 Å². The predicted molar refractivity (Wildman–Crippen MR) is 103 cm³/mol. The SMILES string of the molecule is CCOC(=O)C(C(=O)OCC)C(c1ccccc1)C(C(=O)OCC)C(=O)OCC. The number of esters is 4. The van der Waals surface area contributed by atoms with E-state index in [1.54, 1.807) is 58.0 Å². The van der Waals surface area contributed by atoms with Crippen LogP contribution in [0, 0.1) is 11.8 Å². The molecule has 0 aliphatic carbocycles. The number of rotatable bonds is 11. The van der Waals surface area contributed by atoms with Gasteiger partial charge >= 0.3 is 23.9 Å². The minimum atomic E-state index is -1.55. The minimum absolute atomic E-state index is 0.0136. The lowest BCUT2D eigenvalue weighted by Crippen LogP contribution is -2.43. The lowest BCUT2D eigenvalue weighted by molar-refractivity contribution is -0.169. The summed E-state index contributed by atoms with van der Waals surface area (Å²) in [5.41, 5.74) is 0.407.